The number of hydrogen-bond donors (Lipinski definition) is 6. The fraction of sp³-hybridized carbons (Fsp3) is 0.564. The highest BCUT2D eigenvalue weighted by atomic mass is 35.5. The molecule has 0 saturated carbocycles. The lowest BCUT2D eigenvalue weighted by Crippen LogP contribution is -2.46. The summed E-state index contributed by atoms with van der Waals surface area (Å²) in [5.74, 6) is 1.75. The molecule has 0 spiro atoms. The van der Waals surface area contributed by atoms with Crippen molar-refractivity contribution in [2.75, 3.05) is 83.9 Å². The Balaban J connectivity index is 0.000000166. The van der Waals surface area contributed by atoms with Crippen molar-refractivity contribution in [1.29, 1.82) is 0 Å². The quantitative estimate of drug-likeness (QED) is 0.0297. The van der Waals surface area contributed by atoms with Gasteiger partial charge in [-0.15, -0.1) is 12.4 Å². The summed E-state index contributed by atoms with van der Waals surface area (Å²) in [5.41, 5.74) is 2.09. The first-order valence-electron chi connectivity index (χ1n) is 38.5. The van der Waals surface area contributed by atoms with E-state index in [-0.39, 0.29) is 72.6 Å². The largest absolute Gasteiger partial charge is 0.472 e. The van der Waals surface area contributed by atoms with E-state index in [2.05, 4.69) is 85.1 Å². The van der Waals surface area contributed by atoms with Gasteiger partial charge in [-0.25, -0.2) is 58.6 Å². The van der Waals surface area contributed by atoms with E-state index in [1.165, 1.54) is 37.4 Å². The summed E-state index contributed by atoms with van der Waals surface area (Å²) in [6.45, 7) is 31.6. The molecule has 13 heterocycles. The maximum atomic E-state index is 13.4. The number of rotatable bonds is 16. The highest BCUT2D eigenvalue weighted by Crippen LogP contribution is 2.30. The molecule has 5 aliphatic rings. The zero-order valence-corrected chi connectivity index (χ0v) is 69.4. The average Bonchev–Trinajstić information content (AvgIpc) is 1.73. The number of ether oxygens (including phenoxy) is 8. The predicted molar refractivity (Wildman–Crippen MR) is 433 cm³/mol. The van der Waals surface area contributed by atoms with Crippen LogP contribution in [0, 0.1) is 5.82 Å². The van der Waals surface area contributed by atoms with Crippen molar-refractivity contribution in [3.05, 3.63) is 103 Å². The van der Waals surface area contributed by atoms with Gasteiger partial charge in [0.05, 0.1) is 53.8 Å². The second kappa shape index (κ2) is 40.5. The minimum absolute atomic E-state index is 0. The molecule has 6 N–H and O–H groups in total. The third-order valence-corrected chi connectivity index (χ3v) is 20.1. The Morgan fingerprint density at radius 2 is 0.973 bits per heavy atom. The van der Waals surface area contributed by atoms with E-state index in [4.69, 9.17) is 49.5 Å². The molecule has 5 fully saturated rings. The summed E-state index contributed by atoms with van der Waals surface area (Å²) in [4.78, 5) is 98.4. The molecule has 14 rings (SSSR count). The summed E-state index contributed by atoms with van der Waals surface area (Å²) < 4.78 is 61.6. The summed E-state index contributed by atoms with van der Waals surface area (Å²) >= 11 is 5.84. The van der Waals surface area contributed by atoms with Gasteiger partial charge in [0.15, 0.2) is 0 Å². The number of aliphatic hydroxyl groups excluding tert-OH is 1. The van der Waals surface area contributed by atoms with Crippen LogP contribution in [-0.2, 0) is 30.5 Å². The highest BCUT2D eigenvalue weighted by Gasteiger charge is 2.33. The number of aliphatic hydroxyl groups is 1. The molecule has 1 aromatic carbocycles. The molecule has 4 amide bonds. The molecule has 0 bridgehead atoms. The average molecular weight is 1630 g/mol. The smallest absolute Gasteiger partial charge is 0.410 e. The molecule has 8 aromatic heterocycles. The first-order valence-corrected chi connectivity index (χ1v) is 42.6. The number of carbonyl (C=O) groups is 4. The standard InChI is InChI=1S/C22H36N4O4Si.C19H19ClFN5O2.C16H22N4O3.C11H14N4O.C10H19NO3.ClH/c1-22(2,3)30-21(27)25-10-7-8-17(14-25)29-20-18-9-11-26(19(18)23-15-24-20)16-28-12-13-31(4,5)6;20-12-6-13(21)8-14(7-12)23-9-17(27)26-5-1-2-15(10-26)28-19-16-3-4-22-18(16)24-11-25-19;1-16(2,3)23-15(21)20-8-4-5-11(9-20)22-14-12-6-7-17-13(12)18-10-19-14;1-2-8(6-12-4-1)16-11-9-3-5-13-10(9)14-7-15-11;1-10(2,3)14-9(13)11-6-4-5-8(12)7-11;/h9,11,15,17H,7-8,10,12-14,16H2,1-6H3;3-4,6-8,11,15,23H,1-2,5,9-10H2,(H,22,24,25);6-7,10-11H,4-5,8-9H2,1-3H3,(H,17,18,19);3,5,7-8,12H,1-2,4,6H2,(H,13,14,15);8,12H,4-7H2,1-3H3;1H/t17-;15-;11-;2*8-;/m00000./s1. The van der Waals surface area contributed by atoms with Crippen LogP contribution in [0.5, 0.6) is 23.5 Å². The van der Waals surface area contributed by atoms with Crippen molar-refractivity contribution in [3.8, 4) is 23.5 Å². The number of aromatic nitrogens is 12. The van der Waals surface area contributed by atoms with Gasteiger partial charge >= 0.3 is 18.3 Å². The van der Waals surface area contributed by atoms with Crippen LogP contribution in [0.4, 0.5) is 24.5 Å². The topological polar surface area (TPSA) is 355 Å². The van der Waals surface area contributed by atoms with Gasteiger partial charge in [-0.3, -0.25) is 4.79 Å². The van der Waals surface area contributed by atoms with E-state index < -0.39 is 36.8 Å². The van der Waals surface area contributed by atoms with Crippen molar-refractivity contribution < 1.29 is 66.6 Å². The number of amides is 4. The second-order valence-corrected chi connectivity index (χ2v) is 38.5. The molecule has 35 heteroatoms. The van der Waals surface area contributed by atoms with Crippen molar-refractivity contribution in [2.24, 2.45) is 0 Å². The Bertz CT molecular complexity index is 4500. The Morgan fingerprint density at radius 3 is 1.42 bits per heavy atom. The maximum Gasteiger partial charge on any atom is 0.410 e. The molecule has 616 valence electrons. The number of hydrogen-bond acceptors (Lipinski definition) is 23. The zero-order chi connectivity index (χ0) is 80.2. The van der Waals surface area contributed by atoms with E-state index in [9.17, 15) is 28.7 Å². The number of nitrogens with one attached hydrogen (secondary N) is 5. The summed E-state index contributed by atoms with van der Waals surface area (Å²) in [6, 6.07) is 12.9. The normalized spacial score (nSPS) is 18.8. The molecule has 0 unspecified atom stereocenters. The number of carbonyl (C=O) groups excluding carboxylic acids is 4. The van der Waals surface area contributed by atoms with Gasteiger partial charge in [-0.1, -0.05) is 31.2 Å². The maximum absolute atomic E-state index is 13.4. The molecule has 31 nitrogen and oxygen atoms in total. The molecule has 0 radical (unpaired) electrons. The Kier molecular flexibility index (Phi) is 31.4. The number of aromatic amines is 3. The van der Waals surface area contributed by atoms with Crippen LogP contribution < -0.4 is 29.6 Å². The predicted octanol–water partition coefficient (Wildman–Crippen LogP) is 13.4. The number of piperidine rings is 5. The van der Waals surface area contributed by atoms with Gasteiger partial charge in [0.25, 0.3) is 0 Å². The van der Waals surface area contributed by atoms with Crippen molar-refractivity contribution in [2.45, 2.75) is 206 Å². The van der Waals surface area contributed by atoms with Crippen LogP contribution in [0.25, 0.3) is 44.1 Å². The minimum atomic E-state index is -1.11. The molecule has 0 aliphatic carbocycles. The van der Waals surface area contributed by atoms with Crippen LogP contribution in [0.3, 0.4) is 0 Å². The van der Waals surface area contributed by atoms with Crippen LogP contribution in [0.2, 0.25) is 30.7 Å². The van der Waals surface area contributed by atoms with E-state index >= 15 is 0 Å². The fourth-order valence-electron chi connectivity index (χ4n) is 12.8. The van der Waals surface area contributed by atoms with Gasteiger partial charge in [-0.05, 0) is 182 Å². The molecular formula is C78H111Cl2FN18O13Si. The Labute approximate surface area is 670 Å². The van der Waals surface area contributed by atoms with Crippen LogP contribution >= 0.6 is 24.0 Å². The van der Waals surface area contributed by atoms with Gasteiger partial charge in [0, 0.05) is 89.4 Å². The number of likely N-dealkylation sites (tertiary alicyclic amines) is 4. The molecule has 5 atom stereocenters. The fourth-order valence-corrected chi connectivity index (χ4v) is 13.8. The number of H-pyrrole nitrogens is 3. The second-order valence-electron chi connectivity index (χ2n) is 32.5. The van der Waals surface area contributed by atoms with Crippen LogP contribution in [0.15, 0.2) is 92.6 Å². The monoisotopic (exact) mass is 1620 g/mol. The zero-order valence-electron chi connectivity index (χ0n) is 66.8. The van der Waals surface area contributed by atoms with E-state index in [1.807, 2.05) is 104 Å². The first-order chi connectivity index (χ1) is 53.3. The van der Waals surface area contributed by atoms with E-state index in [0.29, 0.717) is 93.9 Å². The number of fused-ring (bicyclic) bond motifs is 4. The van der Waals surface area contributed by atoms with Gasteiger partial charge in [-0.2, -0.15) is 0 Å². The first kappa shape index (κ1) is 87.6. The molecule has 113 heavy (non-hydrogen) atoms. The lowest BCUT2D eigenvalue weighted by atomic mass is 10.1. The van der Waals surface area contributed by atoms with E-state index in [0.717, 1.165) is 128 Å². The van der Waals surface area contributed by atoms with Crippen molar-refractivity contribution >= 4 is 106 Å². The summed E-state index contributed by atoms with van der Waals surface area (Å²) in [7, 11) is -1.11. The number of halogens is 3. The van der Waals surface area contributed by atoms with Gasteiger partial charge in [0.1, 0.15) is 102 Å². The lowest BCUT2D eigenvalue weighted by Gasteiger charge is -2.34. The lowest BCUT2D eigenvalue weighted by molar-refractivity contribution is -0.131. The SMILES string of the molecule is CC(C)(C)OC(=O)N1CCC[C@H](O)C1.CC(C)(C)OC(=O)N1CCC[C@H](Oc2ncnc3[nH]ccc23)C1.CC(C)(C)OC(=O)N1CCC[C@H](Oc2ncnc3c2ccn3COCC[Si](C)(C)C)C1.Cl.O=C(CNc1cc(F)cc(Cl)c1)N1CCC[C@H](Oc2ncnc3[nH]ccc23)C1.c1nc(O[C@H]2CCCNC2)c2cc[nH]c2n1. The number of β-amino-alcohol motifs (C(OH)–C–C–N with tert-alkyl or cyclic N) is 1. The van der Waals surface area contributed by atoms with Crippen LogP contribution in [0.1, 0.15) is 127 Å². The van der Waals surface area contributed by atoms with Crippen LogP contribution in [-0.4, -0.2) is 242 Å². The molecule has 9 aromatic rings. The van der Waals surface area contributed by atoms with E-state index in [1.54, 1.807) is 38.1 Å². The van der Waals surface area contributed by atoms with Crippen molar-refractivity contribution in [1.82, 2.24) is 84.3 Å². The number of anilines is 1. The molecular weight excluding hydrogens is 1510 g/mol. The summed E-state index contributed by atoms with van der Waals surface area (Å²) in [5, 5.41) is 19.4. The highest BCUT2D eigenvalue weighted by molar-refractivity contribution is 6.76. The minimum Gasteiger partial charge on any atom is -0.472 e. The third kappa shape index (κ3) is 27.7. The van der Waals surface area contributed by atoms with Crippen molar-refractivity contribution in [3.63, 3.8) is 0 Å². The third-order valence-electron chi connectivity index (χ3n) is 18.2. The van der Waals surface area contributed by atoms with Gasteiger partial charge < -0.3 is 92.8 Å². The Morgan fingerprint density at radius 1 is 0.549 bits per heavy atom. The number of benzene rings is 1. The summed E-state index contributed by atoms with van der Waals surface area (Å²) in [6.07, 6.45) is 21.0. The molecule has 5 aliphatic heterocycles. The molecule has 5 saturated heterocycles. The van der Waals surface area contributed by atoms with Gasteiger partial charge in [0.2, 0.25) is 29.4 Å². The number of nitrogens with zero attached hydrogens (tertiary/aromatic N) is 13. The Hall–Kier alpha value is -9.41.